The van der Waals surface area contributed by atoms with Crippen molar-refractivity contribution in [1.29, 1.82) is 0 Å². The number of rotatable bonds is 5. The third kappa shape index (κ3) is 2.60. The Morgan fingerprint density at radius 3 is 2.52 bits per heavy atom. The molecule has 1 unspecified atom stereocenters. The van der Waals surface area contributed by atoms with Gasteiger partial charge in [-0.1, -0.05) is 0 Å². The molecule has 5 nitrogen and oxygen atoms in total. The molecule has 1 aromatic heterocycles. The molecule has 126 valence electrons. The van der Waals surface area contributed by atoms with E-state index < -0.39 is 5.97 Å². The average Bonchev–Trinajstić information content (AvgIpc) is 3.43. The number of morpholine rings is 1. The SMILES string of the molecule is Cc1cc(C(C)N2CCOC(C3CC3)(C3CC3)C2)oc1C(=O)O. The zero-order chi connectivity index (χ0) is 16.2. The number of carboxylic acid groups (broad SMARTS) is 1. The van der Waals surface area contributed by atoms with E-state index in [4.69, 9.17) is 9.15 Å². The van der Waals surface area contributed by atoms with Gasteiger partial charge in [0.25, 0.3) is 0 Å². The number of carboxylic acids is 1. The molecule has 1 atom stereocenters. The van der Waals surface area contributed by atoms with E-state index in [2.05, 4.69) is 11.8 Å². The van der Waals surface area contributed by atoms with Gasteiger partial charge < -0.3 is 14.3 Å². The minimum absolute atomic E-state index is 0.0454. The van der Waals surface area contributed by atoms with E-state index in [0.717, 1.165) is 37.3 Å². The number of ether oxygens (including phenoxy) is 1. The Hall–Kier alpha value is -1.33. The topological polar surface area (TPSA) is 62.9 Å². The van der Waals surface area contributed by atoms with E-state index >= 15 is 0 Å². The maximum atomic E-state index is 11.2. The van der Waals surface area contributed by atoms with Gasteiger partial charge in [0.05, 0.1) is 18.2 Å². The Labute approximate surface area is 136 Å². The van der Waals surface area contributed by atoms with Crippen LogP contribution >= 0.6 is 0 Å². The van der Waals surface area contributed by atoms with Crippen molar-refractivity contribution < 1.29 is 19.1 Å². The molecule has 0 aromatic carbocycles. The van der Waals surface area contributed by atoms with Crippen LogP contribution in [0.15, 0.2) is 10.5 Å². The molecule has 4 rings (SSSR count). The van der Waals surface area contributed by atoms with Crippen molar-refractivity contribution in [2.24, 2.45) is 11.8 Å². The fourth-order valence-electron chi connectivity index (χ4n) is 4.20. The molecule has 1 saturated heterocycles. The Balaban J connectivity index is 1.55. The summed E-state index contributed by atoms with van der Waals surface area (Å²) >= 11 is 0. The van der Waals surface area contributed by atoms with Crippen molar-refractivity contribution in [2.75, 3.05) is 19.7 Å². The van der Waals surface area contributed by atoms with Gasteiger partial charge in [-0.15, -0.1) is 0 Å². The molecule has 1 aromatic rings. The van der Waals surface area contributed by atoms with Crippen LogP contribution in [-0.4, -0.2) is 41.3 Å². The quantitative estimate of drug-likeness (QED) is 0.902. The van der Waals surface area contributed by atoms with E-state index in [-0.39, 0.29) is 17.4 Å². The summed E-state index contributed by atoms with van der Waals surface area (Å²) in [6, 6.07) is 1.96. The number of nitrogens with zero attached hydrogens (tertiary/aromatic N) is 1. The average molecular weight is 319 g/mol. The van der Waals surface area contributed by atoms with Crippen molar-refractivity contribution in [3.05, 3.63) is 23.2 Å². The molecular formula is C18H25NO4. The van der Waals surface area contributed by atoms with Gasteiger partial charge in [-0.25, -0.2) is 4.79 Å². The molecule has 2 heterocycles. The maximum absolute atomic E-state index is 11.2. The first-order chi connectivity index (χ1) is 11.0. The molecule has 0 radical (unpaired) electrons. The fraction of sp³-hybridized carbons (Fsp3) is 0.722. The molecule has 3 fully saturated rings. The van der Waals surface area contributed by atoms with Gasteiger partial charge in [0.1, 0.15) is 5.76 Å². The number of hydrogen-bond donors (Lipinski definition) is 1. The van der Waals surface area contributed by atoms with Crippen LogP contribution in [0, 0.1) is 18.8 Å². The lowest BCUT2D eigenvalue weighted by molar-refractivity contribution is -0.144. The first-order valence-electron chi connectivity index (χ1n) is 8.73. The lowest BCUT2D eigenvalue weighted by Gasteiger charge is -2.45. The van der Waals surface area contributed by atoms with Crippen molar-refractivity contribution in [3.63, 3.8) is 0 Å². The van der Waals surface area contributed by atoms with Crippen molar-refractivity contribution in [1.82, 2.24) is 4.90 Å². The molecule has 5 heteroatoms. The predicted octanol–water partition coefficient (Wildman–Crippen LogP) is 3.24. The highest BCUT2D eigenvalue weighted by molar-refractivity contribution is 5.86. The highest BCUT2D eigenvalue weighted by Gasteiger charge is 2.57. The van der Waals surface area contributed by atoms with E-state index in [0.29, 0.717) is 5.56 Å². The molecule has 2 saturated carbocycles. The van der Waals surface area contributed by atoms with Crippen molar-refractivity contribution >= 4 is 5.97 Å². The second kappa shape index (κ2) is 5.35. The monoisotopic (exact) mass is 319 g/mol. The van der Waals surface area contributed by atoms with E-state index in [9.17, 15) is 9.90 Å². The summed E-state index contributed by atoms with van der Waals surface area (Å²) in [5.74, 6) is 1.27. The summed E-state index contributed by atoms with van der Waals surface area (Å²) < 4.78 is 12.0. The lowest BCUT2D eigenvalue weighted by Crippen LogP contribution is -2.55. The summed E-state index contributed by atoms with van der Waals surface area (Å²) in [4.78, 5) is 13.6. The first kappa shape index (κ1) is 15.2. The molecule has 23 heavy (non-hydrogen) atoms. The molecule has 2 aliphatic carbocycles. The van der Waals surface area contributed by atoms with Crippen LogP contribution < -0.4 is 0 Å². The van der Waals surface area contributed by atoms with Gasteiger partial charge in [-0.05, 0) is 57.4 Å². The summed E-state index contributed by atoms with van der Waals surface area (Å²) in [7, 11) is 0. The number of furan rings is 1. The number of aryl methyl sites for hydroxylation is 1. The maximum Gasteiger partial charge on any atom is 0.372 e. The Morgan fingerprint density at radius 2 is 2.00 bits per heavy atom. The van der Waals surface area contributed by atoms with Crippen molar-refractivity contribution in [3.8, 4) is 0 Å². The van der Waals surface area contributed by atoms with Crippen LogP contribution in [-0.2, 0) is 4.74 Å². The number of aromatic carboxylic acids is 1. The van der Waals surface area contributed by atoms with Gasteiger partial charge >= 0.3 is 5.97 Å². The minimum Gasteiger partial charge on any atom is -0.475 e. The first-order valence-corrected chi connectivity index (χ1v) is 8.73. The lowest BCUT2D eigenvalue weighted by atomic mass is 9.89. The number of carbonyl (C=O) groups is 1. The zero-order valence-corrected chi connectivity index (χ0v) is 13.9. The van der Waals surface area contributed by atoms with E-state index in [1.165, 1.54) is 25.7 Å². The molecule has 0 bridgehead atoms. The van der Waals surface area contributed by atoms with Crippen LogP contribution in [0.4, 0.5) is 0 Å². The molecule has 0 spiro atoms. The molecular weight excluding hydrogens is 294 g/mol. The van der Waals surface area contributed by atoms with Gasteiger partial charge in [-0.2, -0.15) is 0 Å². The Kier molecular flexibility index (Phi) is 3.54. The summed E-state index contributed by atoms with van der Waals surface area (Å²) in [6.45, 7) is 6.50. The molecule has 1 aliphatic heterocycles. The second-order valence-electron chi connectivity index (χ2n) is 7.46. The van der Waals surface area contributed by atoms with Gasteiger partial charge in [-0.3, -0.25) is 4.90 Å². The molecule has 0 amide bonds. The third-order valence-corrected chi connectivity index (χ3v) is 5.83. The summed E-state index contributed by atoms with van der Waals surface area (Å²) in [5.41, 5.74) is 0.743. The highest BCUT2D eigenvalue weighted by Crippen LogP contribution is 2.55. The fourth-order valence-corrected chi connectivity index (χ4v) is 4.20. The summed E-state index contributed by atoms with van der Waals surface area (Å²) in [6.07, 6.45) is 5.17. The largest absolute Gasteiger partial charge is 0.475 e. The van der Waals surface area contributed by atoms with Gasteiger partial charge in [0, 0.05) is 18.7 Å². The second-order valence-corrected chi connectivity index (χ2v) is 7.46. The van der Waals surface area contributed by atoms with Gasteiger partial charge in [0.15, 0.2) is 0 Å². The third-order valence-electron chi connectivity index (χ3n) is 5.83. The van der Waals surface area contributed by atoms with E-state index in [1.807, 2.05) is 6.07 Å². The molecule has 1 N–H and O–H groups in total. The van der Waals surface area contributed by atoms with Crippen LogP contribution in [0.2, 0.25) is 0 Å². The van der Waals surface area contributed by atoms with E-state index in [1.54, 1.807) is 6.92 Å². The smallest absolute Gasteiger partial charge is 0.372 e. The number of hydrogen-bond acceptors (Lipinski definition) is 4. The predicted molar refractivity (Wildman–Crippen MR) is 84.5 cm³/mol. The zero-order valence-electron chi connectivity index (χ0n) is 13.9. The highest BCUT2D eigenvalue weighted by atomic mass is 16.5. The van der Waals surface area contributed by atoms with Gasteiger partial charge in [0.2, 0.25) is 5.76 Å². The van der Waals surface area contributed by atoms with Crippen LogP contribution in [0.3, 0.4) is 0 Å². The van der Waals surface area contributed by atoms with Crippen LogP contribution in [0.5, 0.6) is 0 Å². The standard InChI is InChI=1S/C18H25NO4/c1-11-9-15(23-16(11)17(20)21)12(2)19-7-8-22-18(10-19,13-3-4-13)14-5-6-14/h9,12-14H,3-8,10H2,1-2H3,(H,20,21). The minimum atomic E-state index is -0.992. The summed E-state index contributed by atoms with van der Waals surface area (Å²) in [5, 5.41) is 9.19. The normalized spacial score (nSPS) is 26.2. The van der Waals surface area contributed by atoms with Crippen LogP contribution in [0.25, 0.3) is 0 Å². The molecule has 3 aliphatic rings. The van der Waals surface area contributed by atoms with Crippen molar-refractivity contribution in [2.45, 2.75) is 51.2 Å². The van der Waals surface area contributed by atoms with Crippen LogP contribution in [0.1, 0.15) is 60.5 Å². The Morgan fingerprint density at radius 1 is 1.35 bits per heavy atom. The Bertz CT molecular complexity index is 603.